The minimum atomic E-state index is -0.467. The first-order valence-corrected chi connectivity index (χ1v) is 9.17. The van der Waals surface area contributed by atoms with Crippen LogP contribution in [0.4, 0.5) is 5.69 Å². The molecule has 130 valence electrons. The second-order valence-electron chi connectivity index (χ2n) is 6.71. The van der Waals surface area contributed by atoms with Gasteiger partial charge in [-0.1, -0.05) is 0 Å². The smallest absolute Gasteiger partial charge is 0.336 e. The van der Waals surface area contributed by atoms with Gasteiger partial charge in [0.1, 0.15) is 11.6 Å². The number of benzene rings is 1. The summed E-state index contributed by atoms with van der Waals surface area (Å²) in [6.45, 7) is 3.86. The molecule has 2 atom stereocenters. The first kappa shape index (κ1) is 16.2. The normalized spacial score (nSPS) is 25.4. The molecule has 0 saturated carbocycles. The van der Waals surface area contributed by atoms with Gasteiger partial charge in [0.05, 0.1) is 4.87 Å². The lowest BCUT2D eigenvalue weighted by Gasteiger charge is -2.29. The molecule has 6 nitrogen and oxygen atoms in total. The summed E-state index contributed by atoms with van der Waals surface area (Å²) in [7, 11) is 0. The van der Waals surface area contributed by atoms with Crippen molar-refractivity contribution >= 4 is 40.2 Å². The molecule has 2 fully saturated rings. The Labute approximate surface area is 148 Å². The van der Waals surface area contributed by atoms with Crippen molar-refractivity contribution in [2.75, 3.05) is 11.1 Å². The first-order chi connectivity index (χ1) is 11.9. The lowest BCUT2D eigenvalue weighted by Crippen LogP contribution is -2.48. The lowest BCUT2D eigenvalue weighted by atomic mass is 10.1. The molecule has 0 spiro atoms. The van der Waals surface area contributed by atoms with Crippen molar-refractivity contribution in [1.29, 1.82) is 0 Å². The number of thioether (sulfide) groups is 1. The van der Waals surface area contributed by atoms with Crippen molar-refractivity contribution in [1.82, 2.24) is 4.90 Å². The van der Waals surface area contributed by atoms with E-state index in [2.05, 4.69) is 5.32 Å². The average Bonchev–Trinajstić information content (AvgIpc) is 3.03. The number of carbonyl (C=O) groups excluding carboxylic acids is 2. The maximum absolute atomic E-state index is 12.7. The van der Waals surface area contributed by atoms with Crippen molar-refractivity contribution < 1.29 is 14.0 Å². The Morgan fingerprint density at radius 2 is 2.16 bits per heavy atom. The summed E-state index contributed by atoms with van der Waals surface area (Å²) in [6.07, 6.45) is 1.27. The molecule has 1 aromatic heterocycles. The van der Waals surface area contributed by atoms with Crippen LogP contribution in [-0.4, -0.2) is 33.4 Å². The molecule has 2 amide bonds. The highest BCUT2D eigenvalue weighted by Crippen LogP contribution is 2.47. The molecule has 0 bridgehead atoms. The Kier molecular flexibility index (Phi) is 3.64. The molecular weight excluding hydrogens is 340 g/mol. The number of fused-ring (bicyclic) bond motifs is 2. The van der Waals surface area contributed by atoms with E-state index in [-0.39, 0.29) is 16.7 Å². The van der Waals surface area contributed by atoms with Crippen LogP contribution >= 0.6 is 11.8 Å². The van der Waals surface area contributed by atoms with E-state index < -0.39 is 11.7 Å². The van der Waals surface area contributed by atoms with Crippen LogP contribution in [0.3, 0.4) is 0 Å². The third kappa shape index (κ3) is 2.63. The number of aryl methyl sites for hydroxylation is 1. The van der Waals surface area contributed by atoms with Gasteiger partial charge < -0.3 is 14.6 Å². The Morgan fingerprint density at radius 3 is 2.96 bits per heavy atom. The van der Waals surface area contributed by atoms with E-state index in [0.29, 0.717) is 23.4 Å². The molecule has 7 heteroatoms. The number of nitrogens with one attached hydrogen (secondary N) is 1. The molecule has 1 N–H and O–H groups in total. The number of amides is 2. The summed E-state index contributed by atoms with van der Waals surface area (Å²) in [4.78, 5) is 37.9. The predicted octanol–water partition coefficient (Wildman–Crippen LogP) is 2.49. The third-order valence-corrected chi connectivity index (χ3v) is 6.47. The van der Waals surface area contributed by atoms with Gasteiger partial charge in [-0.25, -0.2) is 4.79 Å². The van der Waals surface area contributed by atoms with Crippen LogP contribution in [0.25, 0.3) is 11.0 Å². The average molecular weight is 358 g/mol. The van der Waals surface area contributed by atoms with Crippen LogP contribution in [-0.2, 0) is 9.59 Å². The number of hydrogen-bond donors (Lipinski definition) is 1. The molecule has 25 heavy (non-hydrogen) atoms. The Balaban J connectivity index is 1.60. The number of nitrogens with zero attached hydrogens (tertiary/aromatic N) is 1. The fourth-order valence-electron chi connectivity index (χ4n) is 3.64. The quantitative estimate of drug-likeness (QED) is 0.835. The number of rotatable bonds is 2. The summed E-state index contributed by atoms with van der Waals surface area (Å²) in [5.41, 5.74) is 1.40. The maximum atomic E-state index is 12.7. The van der Waals surface area contributed by atoms with E-state index in [1.165, 1.54) is 6.07 Å². The predicted molar refractivity (Wildman–Crippen MR) is 96.6 cm³/mol. The second-order valence-corrected chi connectivity index (χ2v) is 8.22. The Morgan fingerprint density at radius 1 is 1.36 bits per heavy atom. The monoisotopic (exact) mass is 358 g/mol. The van der Waals surface area contributed by atoms with Gasteiger partial charge in [0.25, 0.3) is 0 Å². The highest BCUT2D eigenvalue weighted by molar-refractivity contribution is 8.01. The standard InChI is InChI=1S/C18H18N2O4S/c1-10-7-16(22)24-14-8-11(3-4-12(10)14)19-17(23)13-9-25-18(2)6-5-15(21)20(13)18/h3-4,7-8,13H,5-6,9H2,1-2H3,(H,19,23)/t13-,18-/m0/s1. The molecule has 2 aromatic rings. The molecule has 0 radical (unpaired) electrons. The van der Waals surface area contributed by atoms with Crippen LogP contribution in [0, 0.1) is 6.92 Å². The van der Waals surface area contributed by atoms with Gasteiger partial charge in [0.15, 0.2) is 0 Å². The van der Waals surface area contributed by atoms with Crippen molar-refractivity contribution in [3.63, 3.8) is 0 Å². The van der Waals surface area contributed by atoms with Gasteiger partial charge in [-0.05, 0) is 38.0 Å². The second kappa shape index (κ2) is 5.62. The topological polar surface area (TPSA) is 79.6 Å². The number of hydrogen-bond acceptors (Lipinski definition) is 5. The van der Waals surface area contributed by atoms with Gasteiger partial charge in [0.2, 0.25) is 11.8 Å². The molecule has 3 heterocycles. The van der Waals surface area contributed by atoms with E-state index in [1.807, 2.05) is 19.9 Å². The SMILES string of the molecule is Cc1cc(=O)oc2cc(NC(=O)[C@@H]3CS[C@@]4(C)CCC(=O)N34)ccc12. The summed E-state index contributed by atoms with van der Waals surface area (Å²) >= 11 is 1.66. The molecule has 2 aliphatic rings. The van der Waals surface area contributed by atoms with Crippen LogP contribution in [0.15, 0.2) is 33.5 Å². The lowest BCUT2D eigenvalue weighted by molar-refractivity contribution is -0.135. The van der Waals surface area contributed by atoms with Gasteiger partial charge in [0, 0.05) is 35.4 Å². The zero-order valence-electron chi connectivity index (χ0n) is 14.0. The highest BCUT2D eigenvalue weighted by Gasteiger charge is 2.52. The number of anilines is 1. The third-order valence-electron chi connectivity index (χ3n) is 4.97. The molecule has 4 rings (SSSR count). The minimum absolute atomic E-state index is 0.0350. The van der Waals surface area contributed by atoms with E-state index in [0.717, 1.165) is 17.4 Å². The van der Waals surface area contributed by atoms with Crippen molar-refractivity contribution in [2.45, 2.75) is 37.6 Å². The fourth-order valence-corrected chi connectivity index (χ4v) is 5.07. The van der Waals surface area contributed by atoms with Crippen molar-refractivity contribution in [3.8, 4) is 0 Å². The van der Waals surface area contributed by atoms with Crippen LogP contribution in [0.5, 0.6) is 0 Å². The summed E-state index contributed by atoms with van der Waals surface area (Å²) in [5, 5.41) is 3.69. The van der Waals surface area contributed by atoms with Gasteiger partial charge in [-0.2, -0.15) is 0 Å². The van der Waals surface area contributed by atoms with Crippen LogP contribution < -0.4 is 10.9 Å². The zero-order valence-corrected chi connectivity index (χ0v) is 14.8. The van der Waals surface area contributed by atoms with E-state index in [1.54, 1.807) is 28.8 Å². The Bertz CT molecular complexity index is 954. The molecule has 2 aliphatic heterocycles. The highest BCUT2D eigenvalue weighted by atomic mass is 32.2. The van der Waals surface area contributed by atoms with Crippen molar-refractivity contribution in [2.24, 2.45) is 0 Å². The molecular formula is C18H18N2O4S. The van der Waals surface area contributed by atoms with E-state index >= 15 is 0 Å². The maximum Gasteiger partial charge on any atom is 0.336 e. The van der Waals surface area contributed by atoms with Gasteiger partial charge in [-0.3, -0.25) is 9.59 Å². The molecule has 0 unspecified atom stereocenters. The van der Waals surface area contributed by atoms with Crippen LogP contribution in [0.2, 0.25) is 0 Å². The summed E-state index contributed by atoms with van der Waals surface area (Å²) in [5.74, 6) is 0.421. The van der Waals surface area contributed by atoms with E-state index in [4.69, 9.17) is 4.42 Å². The summed E-state index contributed by atoms with van der Waals surface area (Å²) < 4.78 is 5.22. The first-order valence-electron chi connectivity index (χ1n) is 8.19. The molecule has 1 aromatic carbocycles. The fraction of sp³-hybridized carbons (Fsp3) is 0.389. The van der Waals surface area contributed by atoms with Gasteiger partial charge >= 0.3 is 5.63 Å². The molecule has 0 aliphatic carbocycles. The van der Waals surface area contributed by atoms with Crippen LogP contribution in [0.1, 0.15) is 25.3 Å². The summed E-state index contributed by atoms with van der Waals surface area (Å²) in [6, 6.07) is 6.22. The number of carbonyl (C=O) groups is 2. The van der Waals surface area contributed by atoms with Gasteiger partial charge in [-0.15, -0.1) is 11.8 Å². The molecule has 2 saturated heterocycles. The minimum Gasteiger partial charge on any atom is -0.423 e. The van der Waals surface area contributed by atoms with Crippen molar-refractivity contribution in [3.05, 3.63) is 40.2 Å². The van der Waals surface area contributed by atoms with E-state index in [9.17, 15) is 14.4 Å². The largest absolute Gasteiger partial charge is 0.423 e. The Hall–Kier alpha value is -2.28. The zero-order chi connectivity index (χ0) is 17.8.